The van der Waals surface area contributed by atoms with Crippen LogP contribution >= 0.6 is 0 Å². The van der Waals surface area contributed by atoms with E-state index in [1.807, 2.05) is 0 Å². The number of ether oxygens (including phenoxy) is 1. The average Bonchev–Trinajstić information content (AvgIpc) is 3.22. The van der Waals surface area contributed by atoms with E-state index < -0.39 is 12.0 Å². The molecule has 0 bridgehead atoms. The molecule has 0 radical (unpaired) electrons. The Labute approximate surface area is 360 Å². The summed E-state index contributed by atoms with van der Waals surface area (Å²) >= 11 is 0. The summed E-state index contributed by atoms with van der Waals surface area (Å²) in [4.78, 5) is 36.3. The lowest BCUT2D eigenvalue weighted by atomic mass is 10.0. The smallest absolute Gasteiger partial charge is 0.326 e. The molecular formula is C52H84N2O5. The fourth-order valence-electron chi connectivity index (χ4n) is 6.09. The molecule has 0 saturated carbocycles. The highest BCUT2D eigenvalue weighted by atomic mass is 16.5. The molecule has 0 heterocycles. The first kappa shape index (κ1) is 55.0. The molecule has 4 N–H and O–H groups in total. The summed E-state index contributed by atoms with van der Waals surface area (Å²) in [6.45, 7) is 4.79. The Bertz CT molecular complexity index is 1290. The zero-order chi connectivity index (χ0) is 43.1. The minimum absolute atomic E-state index is 0.136. The van der Waals surface area contributed by atoms with Crippen LogP contribution in [-0.2, 0) is 19.1 Å². The van der Waals surface area contributed by atoms with Gasteiger partial charge in [0.25, 0.3) is 0 Å². The standard InChI is InChI=1S/C52H84N2O5/c1-3-5-7-9-11-13-14-15-16-17-18-19-20-21-22-23-24-25-26-28-30-36-40-46-51(56)59-48(42-37-33-29-27-12-10-8-6-4-2)43-38-34-31-32-35-39-45-50(55)54-49(52(57)58)44-41-47-53/h5,7,11,13,15-16,18-19,21-22,24-25,27-30,37,42,48-49H,3-4,6,8-10,12,14,17,20,23,26,31-36,38-41,43-47,53H2,1-2H3,(H,54,55)(H,57,58)/b7-5-,13-11-,16-15-,19-18-,22-21-,25-24-,29-27-,30-28-,42-37-. The number of esters is 1. The summed E-state index contributed by atoms with van der Waals surface area (Å²) in [6.07, 6.45) is 63.0. The highest BCUT2D eigenvalue weighted by molar-refractivity contribution is 5.83. The Morgan fingerprint density at radius 2 is 1.00 bits per heavy atom. The van der Waals surface area contributed by atoms with Gasteiger partial charge in [-0.1, -0.05) is 162 Å². The van der Waals surface area contributed by atoms with Gasteiger partial charge < -0.3 is 20.9 Å². The van der Waals surface area contributed by atoms with Gasteiger partial charge in [0, 0.05) is 12.8 Å². The van der Waals surface area contributed by atoms with E-state index >= 15 is 0 Å². The van der Waals surface area contributed by atoms with Crippen LogP contribution in [0.3, 0.4) is 0 Å². The Kier molecular flexibility index (Phi) is 42.1. The number of nitrogens with two attached hydrogens (primary N) is 1. The molecule has 0 aromatic rings. The molecule has 7 heteroatoms. The molecule has 332 valence electrons. The first-order chi connectivity index (χ1) is 28.9. The Balaban J connectivity index is 4.39. The van der Waals surface area contributed by atoms with Crippen molar-refractivity contribution in [3.05, 3.63) is 109 Å². The van der Waals surface area contributed by atoms with Crippen molar-refractivity contribution in [2.45, 2.75) is 193 Å². The van der Waals surface area contributed by atoms with Crippen molar-refractivity contribution in [2.24, 2.45) is 5.73 Å². The van der Waals surface area contributed by atoms with Gasteiger partial charge in [0.15, 0.2) is 0 Å². The molecule has 0 aliphatic heterocycles. The zero-order valence-corrected chi connectivity index (χ0v) is 37.3. The van der Waals surface area contributed by atoms with E-state index in [2.05, 4.69) is 129 Å². The van der Waals surface area contributed by atoms with Crippen molar-refractivity contribution >= 4 is 17.8 Å². The largest absolute Gasteiger partial charge is 0.480 e. The normalized spacial score (nSPS) is 13.7. The van der Waals surface area contributed by atoms with E-state index in [0.29, 0.717) is 32.2 Å². The molecule has 0 rings (SSSR count). The van der Waals surface area contributed by atoms with Crippen molar-refractivity contribution < 1.29 is 24.2 Å². The van der Waals surface area contributed by atoms with Crippen molar-refractivity contribution in [3.63, 3.8) is 0 Å². The van der Waals surface area contributed by atoms with Gasteiger partial charge in [-0.3, -0.25) is 9.59 Å². The molecule has 0 aliphatic carbocycles. The van der Waals surface area contributed by atoms with Crippen molar-refractivity contribution in [3.8, 4) is 0 Å². The maximum atomic E-state index is 12.8. The van der Waals surface area contributed by atoms with Crippen molar-refractivity contribution in [2.75, 3.05) is 6.54 Å². The minimum Gasteiger partial charge on any atom is -0.480 e. The number of nitrogens with one attached hydrogen (secondary N) is 1. The molecule has 59 heavy (non-hydrogen) atoms. The second-order valence-corrected chi connectivity index (χ2v) is 15.1. The molecule has 2 unspecified atom stereocenters. The van der Waals surface area contributed by atoms with Gasteiger partial charge in [-0.2, -0.15) is 0 Å². The molecule has 0 aromatic carbocycles. The van der Waals surface area contributed by atoms with Crippen LogP contribution in [0, 0.1) is 0 Å². The van der Waals surface area contributed by atoms with Gasteiger partial charge in [0.05, 0.1) is 0 Å². The van der Waals surface area contributed by atoms with Gasteiger partial charge in [-0.05, 0) is 122 Å². The lowest BCUT2D eigenvalue weighted by molar-refractivity contribution is -0.147. The van der Waals surface area contributed by atoms with E-state index in [0.717, 1.165) is 116 Å². The van der Waals surface area contributed by atoms with Crippen LogP contribution in [0.15, 0.2) is 109 Å². The lowest BCUT2D eigenvalue weighted by Gasteiger charge is -2.15. The van der Waals surface area contributed by atoms with Crippen molar-refractivity contribution in [1.82, 2.24) is 5.32 Å². The van der Waals surface area contributed by atoms with Crippen LogP contribution in [0.2, 0.25) is 0 Å². The van der Waals surface area contributed by atoms with Crippen LogP contribution in [-0.4, -0.2) is 41.6 Å². The van der Waals surface area contributed by atoms with Gasteiger partial charge in [-0.15, -0.1) is 0 Å². The highest BCUT2D eigenvalue weighted by Gasteiger charge is 2.18. The van der Waals surface area contributed by atoms with Crippen LogP contribution in [0.4, 0.5) is 0 Å². The summed E-state index contributed by atoms with van der Waals surface area (Å²) < 4.78 is 5.92. The Morgan fingerprint density at radius 1 is 0.525 bits per heavy atom. The predicted octanol–water partition coefficient (Wildman–Crippen LogP) is 13.6. The van der Waals surface area contributed by atoms with Crippen LogP contribution < -0.4 is 11.1 Å². The Hall–Kier alpha value is -3.97. The molecule has 0 aliphatic rings. The summed E-state index contributed by atoms with van der Waals surface area (Å²) in [6, 6.07) is -0.866. The number of rotatable bonds is 40. The fraction of sp³-hybridized carbons (Fsp3) is 0.596. The number of hydrogen-bond donors (Lipinski definition) is 3. The van der Waals surface area contributed by atoms with E-state index in [1.54, 1.807) is 0 Å². The third-order valence-electron chi connectivity index (χ3n) is 9.56. The molecule has 0 aromatic heterocycles. The summed E-state index contributed by atoms with van der Waals surface area (Å²) in [5.74, 6) is -1.36. The van der Waals surface area contributed by atoms with Crippen LogP contribution in [0.25, 0.3) is 0 Å². The van der Waals surface area contributed by atoms with Gasteiger partial charge in [-0.25, -0.2) is 4.79 Å². The number of unbranched alkanes of at least 4 members (excludes halogenated alkanes) is 10. The first-order valence-electron chi connectivity index (χ1n) is 23.2. The molecule has 7 nitrogen and oxygen atoms in total. The van der Waals surface area contributed by atoms with E-state index in [1.165, 1.54) is 25.7 Å². The van der Waals surface area contributed by atoms with Crippen LogP contribution in [0.5, 0.6) is 0 Å². The maximum absolute atomic E-state index is 12.8. The number of carbonyl (C=O) groups is 3. The second-order valence-electron chi connectivity index (χ2n) is 15.1. The van der Waals surface area contributed by atoms with Gasteiger partial charge >= 0.3 is 11.9 Å². The topological polar surface area (TPSA) is 119 Å². The molecule has 1 amide bonds. The third kappa shape index (κ3) is 42.0. The number of aliphatic carboxylic acids is 1. The second kappa shape index (κ2) is 45.1. The molecule has 0 fully saturated rings. The fourth-order valence-corrected chi connectivity index (χ4v) is 6.09. The average molecular weight is 817 g/mol. The monoisotopic (exact) mass is 817 g/mol. The number of carboxylic acid groups (broad SMARTS) is 1. The maximum Gasteiger partial charge on any atom is 0.326 e. The summed E-state index contributed by atoms with van der Waals surface area (Å²) in [5, 5.41) is 11.9. The molecule has 0 spiro atoms. The zero-order valence-electron chi connectivity index (χ0n) is 37.3. The molecular weight excluding hydrogens is 733 g/mol. The van der Waals surface area contributed by atoms with Gasteiger partial charge in [0.1, 0.15) is 12.1 Å². The van der Waals surface area contributed by atoms with Gasteiger partial charge in [0.2, 0.25) is 5.91 Å². The van der Waals surface area contributed by atoms with E-state index in [9.17, 15) is 19.5 Å². The highest BCUT2D eigenvalue weighted by Crippen LogP contribution is 2.15. The molecule has 0 saturated heterocycles. The lowest BCUT2D eigenvalue weighted by Crippen LogP contribution is -2.40. The minimum atomic E-state index is -1.01. The van der Waals surface area contributed by atoms with E-state index in [4.69, 9.17) is 10.5 Å². The predicted molar refractivity (Wildman–Crippen MR) is 252 cm³/mol. The molecule has 2 atom stereocenters. The van der Waals surface area contributed by atoms with Crippen molar-refractivity contribution in [1.29, 1.82) is 0 Å². The number of amides is 1. The first-order valence-corrected chi connectivity index (χ1v) is 23.2. The van der Waals surface area contributed by atoms with Crippen LogP contribution in [0.1, 0.15) is 181 Å². The number of hydrogen-bond acceptors (Lipinski definition) is 5. The third-order valence-corrected chi connectivity index (χ3v) is 9.56. The number of allylic oxidation sites excluding steroid dienone is 17. The quantitative estimate of drug-likeness (QED) is 0.0322. The summed E-state index contributed by atoms with van der Waals surface area (Å²) in [7, 11) is 0. The summed E-state index contributed by atoms with van der Waals surface area (Å²) in [5.41, 5.74) is 5.48. The Morgan fingerprint density at radius 3 is 1.53 bits per heavy atom. The van der Waals surface area contributed by atoms with E-state index in [-0.39, 0.29) is 18.0 Å². The SMILES string of the molecule is CC/C=C\C/C=C\C/C=C\C/C=C\C/C=C\C/C=C\C/C=C\CCCC(=O)OC(/C=C\C/C=C\CCCCCC)CCCCCCCCC(=O)NC(CCCN)C(=O)O. The number of carbonyl (C=O) groups excluding carboxylic acids is 2. The number of carboxylic acids is 1.